The number of nitrogens with one attached hydrogen (secondary N) is 2. The van der Waals surface area contributed by atoms with Crippen LogP contribution in [-0.4, -0.2) is 55.2 Å². The molecular formula is C13H25N3O3. The van der Waals surface area contributed by atoms with Gasteiger partial charge in [-0.1, -0.05) is 0 Å². The Hall–Kier alpha value is -1.30. The zero-order chi connectivity index (χ0) is 14.5. The number of rotatable bonds is 3. The smallest absolute Gasteiger partial charge is 0.410 e. The Morgan fingerprint density at radius 1 is 1.26 bits per heavy atom. The molecule has 0 unspecified atom stereocenters. The van der Waals surface area contributed by atoms with Crippen LogP contribution in [-0.2, 0) is 9.53 Å². The quantitative estimate of drug-likeness (QED) is 0.793. The summed E-state index contributed by atoms with van der Waals surface area (Å²) in [5.74, 6) is -0.00165. The molecule has 1 aliphatic rings. The van der Waals surface area contributed by atoms with Crippen LogP contribution in [0.15, 0.2) is 0 Å². The van der Waals surface area contributed by atoms with Gasteiger partial charge in [0.05, 0.1) is 6.54 Å². The molecule has 1 fully saturated rings. The topological polar surface area (TPSA) is 70.7 Å². The summed E-state index contributed by atoms with van der Waals surface area (Å²) in [5.41, 5.74) is -0.463. The maximum absolute atomic E-state index is 11.9. The van der Waals surface area contributed by atoms with Crippen molar-refractivity contribution in [2.45, 2.75) is 45.3 Å². The largest absolute Gasteiger partial charge is 0.444 e. The fourth-order valence-electron chi connectivity index (χ4n) is 1.97. The Bertz CT molecular complexity index is 318. The van der Waals surface area contributed by atoms with Gasteiger partial charge in [0.15, 0.2) is 0 Å². The maximum atomic E-state index is 11.9. The number of ether oxygens (including phenoxy) is 1. The monoisotopic (exact) mass is 271 g/mol. The van der Waals surface area contributed by atoms with Crippen LogP contribution in [0.4, 0.5) is 4.79 Å². The van der Waals surface area contributed by atoms with Crippen molar-refractivity contribution >= 4 is 12.0 Å². The highest BCUT2D eigenvalue weighted by Crippen LogP contribution is 2.15. The van der Waals surface area contributed by atoms with Crippen molar-refractivity contribution in [1.29, 1.82) is 0 Å². The number of hydrogen-bond donors (Lipinski definition) is 2. The zero-order valence-electron chi connectivity index (χ0n) is 12.3. The van der Waals surface area contributed by atoms with Crippen molar-refractivity contribution in [2.75, 3.05) is 26.7 Å². The molecule has 0 aromatic heterocycles. The number of likely N-dealkylation sites (N-methyl/N-ethyl adjacent to an activating group) is 1. The molecule has 0 aromatic carbocycles. The summed E-state index contributed by atoms with van der Waals surface area (Å²) in [5, 5.41) is 5.76. The lowest BCUT2D eigenvalue weighted by Crippen LogP contribution is -2.49. The third kappa shape index (κ3) is 5.92. The van der Waals surface area contributed by atoms with Crippen molar-refractivity contribution in [1.82, 2.24) is 15.5 Å². The van der Waals surface area contributed by atoms with Gasteiger partial charge in [-0.05, 0) is 40.7 Å². The van der Waals surface area contributed by atoms with Gasteiger partial charge in [-0.25, -0.2) is 4.79 Å². The van der Waals surface area contributed by atoms with Crippen LogP contribution in [0.3, 0.4) is 0 Å². The van der Waals surface area contributed by atoms with Crippen molar-refractivity contribution in [3.63, 3.8) is 0 Å². The van der Waals surface area contributed by atoms with Gasteiger partial charge in [0.25, 0.3) is 0 Å². The Labute approximate surface area is 114 Å². The van der Waals surface area contributed by atoms with Gasteiger partial charge in [0, 0.05) is 19.1 Å². The third-order valence-corrected chi connectivity index (χ3v) is 2.85. The molecule has 1 rings (SSSR count). The lowest BCUT2D eigenvalue weighted by atomic mass is 10.1. The summed E-state index contributed by atoms with van der Waals surface area (Å²) in [6, 6.07) is 0.152. The minimum absolute atomic E-state index is 0.00165. The minimum atomic E-state index is -0.463. The van der Waals surface area contributed by atoms with E-state index in [9.17, 15) is 9.59 Å². The van der Waals surface area contributed by atoms with E-state index in [2.05, 4.69) is 10.6 Å². The van der Waals surface area contributed by atoms with Crippen molar-refractivity contribution < 1.29 is 14.3 Å². The first-order valence-electron chi connectivity index (χ1n) is 6.73. The van der Waals surface area contributed by atoms with Crippen LogP contribution in [0.2, 0.25) is 0 Å². The molecule has 0 spiro atoms. The van der Waals surface area contributed by atoms with Gasteiger partial charge in [0.2, 0.25) is 5.91 Å². The Morgan fingerprint density at radius 2 is 1.84 bits per heavy atom. The van der Waals surface area contributed by atoms with Gasteiger partial charge in [-0.2, -0.15) is 0 Å². The maximum Gasteiger partial charge on any atom is 0.410 e. The molecule has 0 radical (unpaired) electrons. The number of nitrogens with zero attached hydrogens (tertiary/aromatic N) is 1. The molecule has 19 heavy (non-hydrogen) atoms. The van der Waals surface area contributed by atoms with E-state index in [1.54, 1.807) is 11.9 Å². The van der Waals surface area contributed by atoms with Gasteiger partial charge in [0.1, 0.15) is 5.60 Å². The summed E-state index contributed by atoms with van der Waals surface area (Å²) in [6.07, 6.45) is 1.27. The van der Waals surface area contributed by atoms with E-state index in [1.165, 1.54) is 0 Å². The van der Waals surface area contributed by atoms with Crippen molar-refractivity contribution in [3.8, 4) is 0 Å². The number of piperidine rings is 1. The van der Waals surface area contributed by atoms with Crippen LogP contribution in [0, 0.1) is 0 Å². The number of likely N-dealkylation sites (tertiary alicyclic amines) is 1. The number of amides is 2. The van der Waals surface area contributed by atoms with E-state index in [0.29, 0.717) is 19.6 Å². The average molecular weight is 271 g/mol. The molecule has 0 aliphatic carbocycles. The summed E-state index contributed by atoms with van der Waals surface area (Å²) in [7, 11) is 1.74. The highest BCUT2D eigenvalue weighted by molar-refractivity contribution is 5.78. The predicted octanol–water partition coefficient (Wildman–Crippen LogP) is 0.721. The summed E-state index contributed by atoms with van der Waals surface area (Å²) < 4.78 is 5.32. The molecule has 110 valence electrons. The zero-order valence-corrected chi connectivity index (χ0v) is 12.3. The van der Waals surface area contributed by atoms with Gasteiger partial charge in [-0.3, -0.25) is 4.79 Å². The second-order valence-corrected chi connectivity index (χ2v) is 5.84. The van der Waals surface area contributed by atoms with E-state index in [-0.39, 0.29) is 18.0 Å². The first-order valence-corrected chi connectivity index (χ1v) is 6.73. The molecule has 6 nitrogen and oxygen atoms in total. The summed E-state index contributed by atoms with van der Waals surface area (Å²) >= 11 is 0. The van der Waals surface area contributed by atoms with E-state index in [1.807, 2.05) is 20.8 Å². The summed E-state index contributed by atoms with van der Waals surface area (Å²) in [6.45, 7) is 7.14. The molecule has 0 saturated carbocycles. The molecule has 0 aromatic rings. The number of hydrogen-bond acceptors (Lipinski definition) is 4. The summed E-state index contributed by atoms with van der Waals surface area (Å²) in [4.78, 5) is 25.0. The second kappa shape index (κ2) is 6.75. The normalized spacial score (nSPS) is 17.2. The minimum Gasteiger partial charge on any atom is -0.444 e. The molecule has 1 saturated heterocycles. The highest BCUT2D eigenvalue weighted by Gasteiger charge is 2.27. The number of carbonyl (C=O) groups is 2. The number of carbonyl (C=O) groups excluding carboxylic acids is 2. The molecule has 6 heteroatoms. The predicted molar refractivity (Wildman–Crippen MR) is 72.9 cm³/mol. The van der Waals surface area contributed by atoms with E-state index < -0.39 is 5.60 Å². The van der Waals surface area contributed by atoms with Crippen molar-refractivity contribution in [3.05, 3.63) is 0 Å². The van der Waals surface area contributed by atoms with Crippen LogP contribution in [0.25, 0.3) is 0 Å². The van der Waals surface area contributed by atoms with Gasteiger partial charge in [-0.15, -0.1) is 0 Å². The van der Waals surface area contributed by atoms with Gasteiger partial charge < -0.3 is 20.3 Å². The molecule has 0 bridgehead atoms. The Balaban J connectivity index is 2.32. The van der Waals surface area contributed by atoms with E-state index in [0.717, 1.165) is 12.8 Å². The third-order valence-electron chi connectivity index (χ3n) is 2.85. The molecule has 2 N–H and O–H groups in total. The van der Waals surface area contributed by atoms with Crippen LogP contribution < -0.4 is 10.6 Å². The van der Waals surface area contributed by atoms with Crippen LogP contribution >= 0.6 is 0 Å². The van der Waals surface area contributed by atoms with Crippen LogP contribution in [0.5, 0.6) is 0 Å². The molecule has 2 amide bonds. The highest BCUT2D eigenvalue weighted by atomic mass is 16.6. The fourth-order valence-corrected chi connectivity index (χ4v) is 1.97. The van der Waals surface area contributed by atoms with Gasteiger partial charge >= 0.3 is 6.09 Å². The van der Waals surface area contributed by atoms with E-state index >= 15 is 0 Å². The second-order valence-electron chi connectivity index (χ2n) is 5.84. The molecule has 1 aliphatic heterocycles. The molecule has 1 heterocycles. The Morgan fingerprint density at radius 3 is 2.32 bits per heavy atom. The first-order chi connectivity index (χ1) is 8.81. The lowest BCUT2D eigenvalue weighted by Gasteiger charge is -2.33. The van der Waals surface area contributed by atoms with Crippen molar-refractivity contribution in [2.24, 2.45) is 0 Å². The first kappa shape index (κ1) is 15.8. The fraction of sp³-hybridized carbons (Fsp3) is 0.846. The lowest BCUT2D eigenvalue weighted by molar-refractivity contribution is -0.121. The standard InChI is InChI=1S/C13H25N3O3/c1-13(2,3)19-12(18)16-7-5-10(6-8-16)15-11(17)9-14-4/h10,14H,5-9H2,1-4H3,(H,15,17). The molecular weight excluding hydrogens is 246 g/mol. The average Bonchev–Trinajstić information content (AvgIpc) is 2.27. The van der Waals surface area contributed by atoms with Crippen LogP contribution in [0.1, 0.15) is 33.6 Å². The molecule has 0 atom stereocenters. The SMILES string of the molecule is CNCC(=O)NC1CCN(C(=O)OC(C)(C)C)CC1. The van der Waals surface area contributed by atoms with E-state index in [4.69, 9.17) is 4.74 Å². The Kier molecular flexibility index (Phi) is 5.60.